The number of halogens is 1. The van der Waals surface area contributed by atoms with E-state index in [0.29, 0.717) is 5.82 Å². The molecule has 0 radical (unpaired) electrons. The summed E-state index contributed by atoms with van der Waals surface area (Å²) in [6.45, 7) is 0.808. The molecule has 0 unspecified atom stereocenters. The maximum Gasteiger partial charge on any atom is 0.113 e. The van der Waals surface area contributed by atoms with Crippen LogP contribution in [0.5, 0.6) is 0 Å². The zero-order valence-corrected chi connectivity index (χ0v) is 8.58. The van der Waals surface area contributed by atoms with Crippen LogP contribution in [-0.4, -0.2) is 6.54 Å². The molecule has 0 spiro atoms. The van der Waals surface area contributed by atoms with E-state index in [1.165, 1.54) is 0 Å². The van der Waals surface area contributed by atoms with Crippen molar-refractivity contribution < 1.29 is 0 Å². The van der Waals surface area contributed by atoms with E-state index in [0.717, 1.165) is 16.7 Å². The highest BCUT2D eigenvalue weighted by Crippen LogP contribution is 2.20. The van der Waals surface area contributed by atoms with Crippen LogP contribution in [-0.2, 0) is 0 Å². The smallest absolute Gasteiger partial charge is 0.113 e. The fraction of sp³-hybridized carbons (Fsp3) is 0.111. The second-order valence-electron chi connectivity index (χ2n) is 2.86. The highest BCUT2D eigenvalue weighted by molar-refractivity contribution is 9.10. The number of nitrogens with zero attached hydrogens (tertiary/aromatic N) is 1. The van der Waals surface area contributed by atoms with Crippen LogP contribution < -0.4 is 16.2 Å². The van der Waals surface area contributed by atoms with Gasteiger partial charge in [0.25, 0.3) is 0 Å². The van der Waals surface area contributed by atoms with Crippen molar-refractivity contribution in [2.75, 3.05) is 11.6 Å². The Bertz CT molecular complexity index is 348. The Hall–Kier alpha value is -1.16. The van der Waals surface area contributed by atoms with Gasteiger partial charge in [-0.1, -0.05) is 22.0 Å². The monoisotopic (exact) mass is 239 g/mol. The third-order valence-corrected chi connectivity index (χ3v) is 2.37. The molecule has 68 valence electrons. The molecule has 1 aromatic carbocycles. The van der Waals surface area contributed by atoms with E-state index in [1.54, 1.807) is 0 Å². The summed E-state index contributed by atoms with van der Waals surface area (Å²) in [6, 6.07) is 8.07. The first-order valence-corrected chi connectivity index (χ1v) is 4.80. The van der Waals surface area contributed by atoms with Gasteiger partial charge in [0.2, 0.25) is 0 Å². The highest BCUT2D eigenvalue weighted by atomic mass is 79.9. The zero-order valence-electron chi connectivity index (χ0n) is 7.00. The number of rotatable bonds is 1. The van der Waals surface area contributed by atoms with Gasteiger partial charge in [0.15, 0.2) is 0 Å². The average Bonchev–Trinajstić information content (AvgIpc) is 2.52. The Morgan fingerprint density at radius 2 is 2.31 bits per heavy atom. The first-order valence-electron chi connectivity index (χ1n) is 4.01. The number of anilines is 1. The first-order chi connectivity index (χ1) is 6.25. The highest BCUT2D eigenvalue weighted by Gasteiger charge is 2.10. The molecule has 0 saturated heterocycles. The molecule has 0 fully saturated rings. The van der Waals surface area contributed by atoms with Gasteiger partial charge in [-0.15, -0.1) is 0 Å². The van der Waals surface area contributed by atoms with E-state index >= 15 is 0 Å². The van der Waals surface area contributed by atoms with Gasteiger partial charge in [-0.3, -0.25) is 10.4 Å². The first kappa shape index (κ1) is 8.44. The topological polar surface area (TPSA) is 41.3 Å². The summed E-state index contributed by atoms with van der Waals surface area (Å²) >= 11 is 3.42. The lowest BCUT2D eigenvalue weighted by atomic mass is 10.3. The van der Waals surface area contributed by atoms with Crippen molar-refractivity contribution in [3.63, 3.8) is 0 Å². The second-order valence-corrected chi connectivity index (χ2v) is 3.78. The third kappa shape index (κ3) is 1.78. The van der Waals surface area contributed by atoms with E-state index in [9.17, 15) is 0 Å². The Morgan fingerprint density at radius 1 is 1.46 bits per heavy atom. The number of nitrogens with one attached hydrogen (secondary N) is 1. The van der Waals surface area contributed by atoms with Gasteiger partial charge in [-0.2, -0.15) is 0 Å². The molecule has 0 amide bonds. The molecular formula is C9H10BrN3. The molecule has 3 nitrogen and oxygen atoms in total. The number of hydrazine groups is 1. The SMILES string of the molecule is NC1=CCN(c2cccc(Br)c2)N1. The van der Waals surface area contributed by atoms with Gasteiger partial charge in [0.1, 0.15) is 5.82 Å². The van der Waals surface area contributed by atoms with Crippen LogP contribution in [0.25, 0.3) is 0 Å². The molecule has 0 atom stereocenters. The molecule has 1 aromatic rings. The van der Waals surface area contributed by atoms with Crippen LogP contribution in [0.2, 0.25) is 0 Å². The summed E-state index contributed by atoms with van der Waals surface area (Å²) in [5.74, 6) is 0.708. The van der Waals surface area contributed by atoms with Crippen LogP contribution >= 0.6 is 15.9 Å². The van der Waals surface area contributed by atoms with E-state index in [1.807, 2.05) is 35.4 Å². The summed E-state index contributed by atoms with van der Waals surface area (Å²) in [7, 11) is 0. The molecule has 0 aromatic heterocycles. The third-order valence-electron chi connectivity index (χ3n) is 1.88. The maximum absolute atomic E-state index is 5.60. The Kier molecular flexibility index (Phi) is 2.14. The number of benzene rings is 1. The number of hydrogen-bond donors (Lipinski definition) is 2. The lowest BCUT2D eigenvalue weighted by Crippen LogP contribution is -2.33. The Labute approximate surface area is 85.3 Å². The summed E-state index contributed by atoms with van der Waals surface area (Å²) < 4.78 is 1.07. The molecule has 1 heterocycles. The van der Waals surface area contributed by atoms with Gasteiger partial charge in [-0.25, -0.2) is 0 Å². The average molecular weight is 240 g/mol. The number of nitrogens with two attached hydrogens (primary N) is 1. The molecule has 0 saturated carbocycles. The van der Waals surface area contributed by atoms with Gasteiger partial charge in [0, 0.05) is 4.47 Å². The van der Waals surface area contributed by atoms with Crippen molar-refractivity contribution in [1.29, 1.82) is 0 Å². The van der Waals surface area contributed by atoms with Crippen LogP contribution in [0.1, 0.15) is 0 Å². The van der Waals surface area contributed by atoms with E-state index in [2.05, 4.69) is 21.4 Å². The summed E-state index contributed by atoms with van der Waals surface area (Å²) in [5, 5.41) is 1.99. The van der Waals surface area contributed by atoms with E-state index < -0.39 is 0 Å². The van der Waals surface area contributed by atoms with E-state index in [-0.39, 0.29) is 0 Å². The molecule has 3 N–H and O–H groups in total. The normalized spacial score (nSPS) is 15.5. The number of hydrogen-bond acceptors (Lipinski definition) is 3. The van der Waals surface area contributed by atoms with Crippen LogP contribution in [0.4, 0.5) is 5.69 Å². The summed E-state index contributed by atoms with van der Waals surface area (Å²) in [6.07, 6.45) is 1.95. The van der Waals surface area contributed by atoms with Gasteiger partial charge in [-0.05, 0) is 24.3 Å². The predicted molar refractivity (Wildman–Crippen MR) is 56.9 cm³/mol. The minimum atomic E-state index is 0.708. The molecule has 4 heteroatoms. The van der Waals surface area contributed by atoms with Crippen molar-refractivity contribution in [3.8, 4) is 0 Å². The van der Waals surface area contributed by atoms with Crippen LogP contribution in [0, 0.1) is 0 Å². The summed E-state index contributed by atoms with van der Waals surface area (Å²) in [4.78, 5) is 0. The van der Waals surface area contributed by atoms with Crippen molar-refractivity contribution >= 4 is 21.6 Å². The van der Waals surface area contributed by atoms with Crippen molar-refractivity contribution in [2.24, 2.45) is 5.73 Å². The Morgan fingerprint density at radius 3 is 2.92 bits per heavy atom. The standard InChI is InChI=1S/C9H10BrN3/c10-7-2-1-3-8(6-7)13-5-4-9(11)12-13/h1-4,6,12H,5,11H2. The fourth-order valence-electron chi connectivity index (χ4n) is 1.25. The molecule has 0 bridgehead atoms. The molecule has 2 rings (SSSR count). The minimum absolute atomic E-state index is 0.708. The molecule has 0 aliphatic carbocycles. The minimum Gasteiger partial charge on any atom is -0.384 e. The lowest BCUT2D eigenvalue weighted by molar-refractivity contribution is 0.797. The van der Waals surface area contributed by atoms with Crippen LogP contribution in [0.3, 0.4) is 0 Å². The van der Waals surface area contributed by atoms with Crippen molar-refractivity contribution in [1.82, 2.24) is 5.43 Å². The quantitative estimate of drug-likeness (QED) is 0.782. The van der Waals surface area contributed by atoms with E-state index in [4.69, 9.17) is 5.73 Å². The molecule has 1 aliphatic rings. The Balaban J connectivity index is 2.18. The lowest BCUT2D eigenvalue weighted by Gasteiger charge is -2.19. The predicted octanol–water partition coefficient (Wildman–Crippen LogP) is 1.57. The molecule has 1 aliphatic heterocycles. The van der Waals surface area contributed by atoms with Crippen molar-refractivity contribution in [2.45, 2.75) is 0 Å². The van der Waals surface area contributed by atoms with Gasteiger partial charge < -0.3 is 5.73 Å². The van der Waals surface area contributed by atoms with Gasteiger partial charge in [0.05, 0.1) is 12.2 Å². The second kappa shape index (κ2) is 3.30. The summed E-state index contributed by atoms with van der Waals surface area (Å²) in [5.41, 5.74) is 9.75. The largest absolute Gasteiger partial charge is 0.384 e. The fourth-order valence-corrected chi connectivity index (χ4v) is 1.64. The van der Waals surface area contributed by atoms with Gasteiger partial charge >= 0.3 is 0 Å². The van der Waals surface area contributed by atoms with Crippen LogP contribution in [0.15, 0.2) is 40.6 Å². The van der Waals surface area contributed by atoms with Crippen molar-refractivity contribution in [3.05, 3.63) is 40.6 Å². The maximum atomic E-state index is 5.60. The zero-order chi connectivity index (χ0) is 9.26. The molecular weight excluding hydrogens is 230 g/mol. The molecule has 13 heavy (non-hydrogen) atoms.